The van der Waals surface area contributed by atoms with Crippen molar-refractivity contribution >= 4 is 22.4 Å². The molecule has 0 fully saturated rings. The van der Waals surface area contributed by atoms with Gasteiger partial charge >= 0.3 is 0 Å². The van der Waals surface area contributed by atoms with Crippen LogP contribution in [0.15, 0.2) is 24.3 Å². The number of rotatable bonds is 7. The Balaban J connectivity index is 1.86. The molecule has 0 atom stereocenters. The largest absolute Gasteiger partial charge is 0.496 e. The van der Waals surface area contributed by atoms with Crippen LogP contribution in [-0.4, -0.2) is 30.3 Å². The van der Waals surface area contributed by atoms with Crippen LogP contribution in [-0.2, 0) is 22.6 Å². The van der Waals surface area contributed by atoms with Gasteiger partial charge < -0.3 is 14.8 Å². The van der Waals surface area contributed by atoms with E-state index in [-0.39, 0.29) is 5.91 Å². The highest BCUT2D eigenvalue weighted by Gasteiger charge is 2.09. The number of nitrogens with one attached hydrogen (secondary N) is 1. The van der Waals surface area contributed by atoms with Crippen molar-refractivity contribution in [1.82, 2.24) is 10.2 Å². The summed E-state index contributed by atoms with van der Waals surface area (Å²) in [7, 11) is 3.21. The van der Waals surface area contributed by atoms with Gasteiger partial charge in [0.1, 0.15) is 17.4 Å². The first-order valence-corrected chi connectivity index (χ1v) is 7.27. The summed E-state index contributed by atoms with van der Waals surface area (Å²) in [6.45, 7) is 0.398. The average molecular weight is 307 g/mol. The molecule has 1 N–H and O–H groups in total. The summed E-state index contributed by atoms with van der Waals surface area (Å²) >= 11 is 1.31. The number of amides is 1. The van der Waals surface area contributed by atoms with Gasteiger partial charge in [-0.15, -0.1) is 10.2 Å². The van der Waals surface area contributed by atoms with Gasteiger partial charge in [0.15, 0.2) is 0 Å². The van der Waals surface area contributed by atoms with Crippen molar-refractivity contribution in [3.8, 4) is 5.75 Å². The molecule has 2 rings (SSSR count). The topological polar surface area (TPSA) is 73.3 Å². The van der Waals surface area contributed by atoms with Gasteiger partial charge in [-0.3, -0.25) is 4.79 Å². The van der Waals surface area contributed by atoms with E-state index in [0.29, 0.717) is 24.6 Å². The van der Waals surface area contributed by atoms with E-state index in [2.05, 4.69) is 15.5 Å². The lowest BCUT2D eigenvalue weighted by atomic mass is 10.1. The molecule has 2 aromatic rings. The Labute approximate surface area is 127 Å². The third-order valence-corrected chi connectivity index (χ3v) is 3.61. The number of carbonyl (C=O) groups excluding carboxylic acids is 1. The van der Waals surface area contributed by atoms with Gasteiger partial charge in [0.2, 0.25) is 11.0 Å². The lowest BCUT2D eigenvalue weighted by molar-refractivity contribution is -0.116. The van der Waals surface area contributed by atoms with Crippen LogP contribution in [0, 0.1) is 0 Å². The molecular formula is C14H17N3O3S. The fourth-order valence-corrected chi connectivity index (χ4v) is 2.55. The number of ether oxygens (including phenoxy) is 2. The van der Waals surface area contributed by atoms with Crippen molar-refractivity contribution < 1.29 is 14.3 Å². The fourth-order valence-electron chi connectivity index (χ4n) is 1.83. The maximum absolute atomic E-state index is 11.9. The molecule has 0 aliphatic heterocycles. The lowest BCUT2D eigenvalue weighted by Crippen LogP contribution is -2.12. The van der Waals surface area contributed by atoms with Gasteiger partial charge in [-0.1, -0.05) is 29.5 Å². The first-order valence-electron chi connectivity index (χ1n) is 6.46. The number of methoxy groups -OCH3 is 2. The van der Waals surface area contributed by atoms with Crippen molar-refractivity contribution in [1.29, 1.82) is 0 Å². The van der Waals surface area contributed by atoms with E-state index in [1.54, 1.807) is 14.2 Å². The number of carbonyl (C=O) groups is 1. The molecule has 0 radical (unpaired) electrons. The SMILES string of the molecule is COCc1nnc(NC(=O)CCc2ccccc2OC)s1. The smallest absolute Gasteiger partial charge is 0.226 e. The second-order valence-corrected chi connectivity index (χ2v) is 5.36. The molecule has 1 aromatic heterocycles. The molecule has 1 aromatic carbocycles. The van der Waals surface area contributed by atoms with Crippen LogP contribution in [0.25, 0.3) is 0 Å². The first kappa shape index (κ1) is 15.4. The first-order chi connectivity index (χ1) is 10.2. The number of benzene rings is 1. The van der Waals surface area contributed by atoms with E-state index in [1.165, 1.54) is 11.3 Å². The zero-order valence-electron chi connectivity index (χ0n) is 12.0. The Morgan fingerprint density at radius 3 is 2.86 bits per heavy atom. The highest BCUT2D eigenvalue weighted by atomic mass is 32.1. The van der Waals surface area contributed by atoms with Gasteiger partial charge in [0.05, 0.1) is 7.11 Å². The molecule has 21 heavy (non-hydrogen) atoms. The number of hydrogen-bond acceptors (Lipinski definition) is 6. The van der Waals surface area contributed by atoms with Gasteiger partial charge in [0.25, 0.3) is 0 Å². The summed E-state index contributed by atoms with van der Waals surface area (Å²) in [5.74, 6) is 0.699. The number of hydrogen-bond donors (Lipinski definition) is 1. The quantitative estimate of drug-likeness (QED) is 0.849. The van der Waals surface area contributed by atoms with Crippen LogP contribution in [0.5, 0.6) is 5.75 Å². The molecule has 6 nitrogen and oxygen atoms in total. The second-order valence-electron chi connectivity index (χ2n) is 4.29. The molecule has 0 saturated carbocycles. The van der Waals surface area contributed by atoms with Crippen molar-refractivity contribution in [2.75, 3.05) is 19.5 Å². The van der Waals surface area contributed by atoms with Crippen molar-refractivity contribution in [2.45, 2.75) is 19.4 Å². The maximum Gasteiger partial charge on any atom is 0.226 e. The zero-order chi connectivity index (χ0) is 15.1. The van der Waals surface area contributed by atoms with Crippen LogP contribution in [0.1, 0.15) is 17.0 Å². The number of aromatic nitrogens is 2. The third kappa shape index (κ3) is 4.51. The molecular weight excluding hydrogens is 290 g/mol. The third-order valence-electron chi connectivity index (χ3n) is 2.79. The summed E-state index contributed by atoms with van der Waals surface area (Å²) in [5, 5.41) is 11.8. The summed E-state index contributed by atoms with van der Waals surface area (Å²) < 4.78 is 10.2. The monoisotopic (exact) mass is 307 g/mol. The molecule has 112 valence electrons. The number of aryl methyl sites for hydroxylation is 1. The molecule has 0 unspecified atom stereocenters. The molecule has 7 heteroatoms. The maximum atomic E-state index is 11.9. The van der Waals surface area contributed by atoms with Gasteiger partial charge in [-0.25, -0.2) is 0 Å². The van der Waals surface area contributed by atoms with E-state index in [4.69, 9.17) is 9.47 Å². The van der Waals surface area contributed by atoms with Crippen molar-refractivity contribution in [2.24, 2.45) is 0 Å². The Morgan fingerprint density at radius 2 is 2.10 bits per heavy atom. The average Bonchev–Trinajstić information content (AvgIpc) is 2.93. The number of nitrogens with zero attached hydrogens (tertiary/aromatic N) is 2. The van der Waals surface area contributed by atoms with E-state index >= 15 is 0 Å². The summed E-state index contributed by atoms with van der Waals surface area (Å²) in [4.78, 5) is 11.9. The van der Waals surface area contributed by atoms with E-state index < -0.39 is 0 Å². The normalized spacial score (nSPS) is 10.4. The highest BCUT2D eigenvalue weighted by molar-refractivity contribution is 7.15. The Bertz CT molecular complexity index is 601. The zero-order valence-corrected chi connectivity index (χ0v) is 12.8. The fraction of sp³-hybridized carbons (Fsp3) is 0.357. The lowest BCUT2D eigenvalue weighted by Gasteiger charge is -2.07. The van der Waals surface area contributed by atoms with Crippen LogP contribution in [0.4, 0.5) is 5.13 Å². The van der Waals surface area contributed by atoms with E-state index in [9.17, 15) is 4.79 Å². The molecule has 0 aliphatic carbocycles. The minimum atomic E-state index is -0.0963. The highest BCUT2D eigenvalue weighted by Crippen LogP contribution is 2.20. The number of para-hydroxylation sites is 1. The Morgan fingerprint density at radius 1 is 1.29 bits per heavy atom. The summed E-state index contributed by atoms with van der Waals surface area (Å²) in [6, 6.07) is 7.67. The molecule has 1 heterocycles. The minimum Gasteiger partial charge on any atom is -0.496 e. The van der Waals surface area contributed by atoms with Crippen molar-refractivity contribution in [3.63, 3.8) is 0 Å². The molecule has 0 spiro atoms. The standard InChI is InChI=1S/C14H17N3O3S/c1-19-9-13-16-17-14(21-13)15-12(18)8-7-10-5-3-4-6-11(10)20-2/h3-6H,7-9H2,1-2H3,(H,15,17,18). The van der Waals surface area contributed by atoms with Crippen molar-refractivity contribution in [3.05, 3.63) is 34.8 Å². The van der Waals surface area contributed by atoms with E-state index in [1.807, 2.05) is 24.3 Å². The summed E-state index contributed by atoms with van der Waals surface area (Å²) in [5.41, 5.74) is 1.01. The predicted octanol–water partition coefficient (Wildman–Crippen LogP) is 2.26. The minimum absolute atomic E-state index is 0.0963. The number of anilines is 1. The summed E-state index contributed by atoms with van der Waals surface area (Å²) in [6.07, 6.45) is 0.971. The van der Waals surface area contributed by atoms with Crippen LogP contribution in [0.3, 0.4) is 0 Å². The molecule has 0 aliphatic rings. The molecule has 0 bridgehead atoms. The van der Waals surface area contributed by atoms with Gasteiger partial charge in [-0.2, -0.15) is 0 Å². The van der Waals surface area contributed by atoms with Gasteiger partial charge in [-0.05, 0) is 18.1 Å². The second kappa shape index (κ2) is 7.70. The van der Waals surface area contributed by atoms with E-state index in [0.717, 1.165) is 16.3 Å². The molecule has 1 amide bonds. The van der Waals surface area contributed by atoms with Crippen LogP contribution < -0.4 is 10.1 Å². The van der Waals surface area contributed by atoms with Crippen LogP contribution in [0.2, 0.25) is 0 Å². The van der Waals surface area contributed by atoms with Crippen LogP contribution >= 0.6 is 11.3 Å². The Kier molecular flexibility index (Phi) is 5.65. The predicted molar refractivity (Wildman–Crippen MR) is 80.6 cm³/mol. The van der Waals surface area contributed by atoms with Gasteiger partial charge in [0, 0.05) is 13.5 Å². The Hall–Kier alpha value is -1.99. The molecule has 0 saturated heterocycles.